The Labute approximate surface area is 139 Å². The number of hydrogen-bond acceptors (Lipinski definition) is 2. The van der Waals surface area contributed by atoms with Crippen LogP contribution in [0, 0.1) is 6.92 Å². The van der Waals surface area contributed by atoms with Gasteiger partial charge in [0, 0.05) is 13.8 Å². The molecule has 0 aliphatic rings. The molecule has 19 heavy (non-hydrogen) atoms. The maximum Gasteiger partial charge on any atom is 0.0697 e. The maximum absolute atomic E-state index is 6.42. The quantitative estimate of drug-likeness (QED) is 0.642. The predicted molar refractivity (Wildman–Crippen MR) is 91.4 cm³/mol. The van der Waals surface area contributed by atoms with Gasteiger partial charge in [0.15, 0.2) is 0 Å². The van der Waals surface area contributed by atoms with Crippen molar-refractivity contribution < 1.29 is 0 Å². The summed E-state index contributed by atoms with van der Waals surface area (Å²) in [6.45, 7) is 5.03. The fraction of sp³-hybridized carbons (Fsp3) is 0.286. The molecule has 0 fully saturated rings. The zero-order valence-electron chi connectivity index (χ0n) is 10.6. The normalized spacial score (nSPS) is 12.7. The molecule has 0 radical (unpaired) electrons. The molecule has 0 saturated heterocycles. The minimum Gasteiger partial charge on any atom is -0.306 e. The smallest absolute Gasteiger partial charge is 0.0697 e. The molecule has 102 valence electrons. The lowest BCUT2D eigenvalue weighted by Gasteiger charge is -2.19. The minimum atomic E-state index is 0.114. The molecule has 5 heteroatoms. The van der Waals surface area contributed by atoms with Gasteiger partial charge in [0.1, 0.15) is 0 Å². The number of nitrogens with one attached hydrogen (secondary N) is 1. The van der Waals surface area contributed by atoms with Crippen LogP contribution in [0.25, 0.3) is 0 Å². The van der Waals surface area contributed by atoms with Crippen LogP contribution in [0.4, 0.5) is 0 Å². The summed E-state index contributed by atoms with van der Waals surface area (Å²) in [4.78, 5) is 1.17. The number of hydrogen-bond donors (Lipinski definition) is 1. The van der Waals surface area contributed by atoms with Gasteiger partial charge in [0.2, 0.25) is 0 Å². The molecule has 1 aromatic carbocycles. The Kier molecular flexibility index (Phi) is 5.49. The molecule has 1 nitrogen and oxygen atoms in total. The van der Waals surface area contributed by atoms with E-state index in [-0.39, 0.29) is 6.04 Å². The fourth-order valence-electron chi connectivity index (χ4n) is 1.93. The first-order valence-corrected chi connectivity index (χ1v) is 8.80. The highest BCUT2D eigenvalue weighted by molar-refractivity contribution is 9.11. The van der Waals surface area contributed by atoms with Crippen LogP contribution >= 0.6 is 54.8 Å². The fourth-order valence-corrected chi connectivity index (χ4v) is 4.18. The SMILES string of the molecule is CCNC(c1cc(Br)ccc1Br)c1scc(C)c1Cl. The van der Waals surface area contributed by atoms with Crippen molar-refractivity contribution in [3.05, 3.63) is 53.6 Å². The van der Waals surface area contributed by atoms with E-state index in [1.807, 2.05) is 13.0 Å². The Morgan fingerprint density at radius 2 is 2.11 bits per heavy atom. The molecular weight excluding hydrogens is 409 g/mol. The van der Waals surface area contributed by atoms with Crippen LogP contribution in [0.3, 0.4) is 0 Å². The highest BCUT2D eigenvalue weighted by Crippen LogP contribution is 2.38. The zero-order valence-corrected chi connectivity index (χ0v) is 15.4. The molecule has 1 heterocycles. The molecule has 2 rings (SSSR count). The Hall–Kier alpha value is 0.130. The minimum absolute atomic E-state index is 0.114. The zero-order chi connectivity index (χ0) is 14.0. The van der Waals surface area contributed by atoms with Crippen LogP contribution in [0.1, 0.15) is 29.0 Å². The van der Waals surface area contributed by atoms with E-state index in [0.29, 0.717) is 0 Å². The molecule has 0 aliphatic heterocycles. The summed E-state index contributed by atoms with van der Waals surface area (Å²) < 4.78 is 2.15. The third-order valence-corrected chi connectivity index (χ3v) is 5.86. The molecule has 0 spiro atoms. The van der Waals surface area contributed by atoms with Crippen molar-refractivity contribution in [2.75, 3.05) is 6.54 Å². The molecule has 0 amide bonds. The van der Waals surface area contributed by atoms with Gasteiger partial charge in [0.25, 0.3) is 0 Å². The topological polar surface area (TPSA) is 12.0 Å². The third-order valence-electron chi connectivity index (χ3n) is 2.86. The van der Waals surface area contributed by atoms with Gasteiger partial charge in [-0.3, -0.25) is 0 Å². The van der Waals surface area contributed by atoms with Crippen LogP contribution in [-0.4, -0.2) is 6.54 Å². The van der Waals surface area contributed by atoms with E-state index >= 15 is 0 Å². The summed E-state index contributed by atoms with van der Waals surface area (Å²) in [6.07, 6.45) is 0. The number of aryl methyl sites for hydroxylation is 1. The highest BCUT2D eigenvalue weighted by Gasteiger charge is 2.21. The summed E-state index contributed by atoms with van der Waals surface area (Å²) in [6, 6.07) is 6.32. The van der Waals surface area contributed by atoms with Crippen LogP contribution < -0.4 is 5.32 Å². The summed E-state index contributed by atoms with van der Waals surface area (Å²) in [5.41, 5.74) is 2.33. The lowest BCUT2D eigenvalue weighted by atomic mass is 10.0. The largest absolute Gasteiger partial charge is 0.306 e. The molecule has 1 N–H and O–H groups in total. The van der Waals surface area contributed by atoms with Crippen LogP contribution in [0.15, 0.2) is 32.5 Å². The monoisotopic (exact) mass is 421 g/mol. The van der Waals surface area contributed by atoms with Gasteiger partial charge < -0.3 is 5.32 Å². The van der Waals surface area contributed by atoms with E-state index < -0.39 is 0 Å². The molecule has 0 bridgehead atoms. The van der Waals surface area contributed by atoms with E-state index in [9.17, 15) is 0 Å². The van der Waals surface area contributed by atoms with Gasteiger partial charge in [0.05, 0.1) is 11.1 Å². The van der Waals surface area contributed by atoms with Gasteiger partial charge in [-0.1, -0.05) is 50.4 Å². The van der Waals surface area contributed by atoms with Crippen LogP contribution in [0.2, 0.25) is 5.02 Å². The lowest BCUT2D eigenvalue weighted by molar-refractivity contribution is 0.637. The summed E-state index contributed by atoms with van der Waals surface area (Å²) in [5.74, 6) is 0. The lowest BCUT2D eigenvalue weighted by Crippen LogP contribution is -2.21. The van der Waals surface area contributed by atoms with Crippen molar-refractivity contribution in [2.45, 2.75) is 19.9 Å². The summed E-state index contributed by atoms with van der Waals surface area (Å²) in [5, 5.41) is 6.48. The molecule has 1 aromatic heterocycles. The van der Waals surface area contributed by atoms with E-state index in [1.54, 1.807) is 11.3 Å². The van der Waals surface area contributed by atoms with Gasteiger partial charge >= 0.3 is 0 Å². The second-order valence-corrected chi connectivity index (χ2v) is 7.31. The summed E-state index contributed by atoms with van der Waals surface area (Å²) >= 11 is 15.3. The van der Waals surface area contributed by atoms with Gasteiger partial charge in [-0.25, -0.2) is 0 Å². The first-order chi connectivity index (χ1) is 9.04. The van der Waals surface area contributed by atoms with Crippen molar-refractivity contribution >= 4 is 54.8 Å². The maximum atomic E-state index is 6.42. The van der Waals surface area contributed by atoms with Crippen molar-refractivity contribution in [1.82, 2.24) is 5.32 Å². The molecule has 1 unspecified atom stereocenters. The molecule has 0 saturated carbocycles. The van der Waals surface area contributed by atoms with E-state index in [0.717, 1.165) is 26.1 Å². The molecule has 0 aliphatic carbocycles. The Morgan fingerprint density at radius 1 is 1.37 bits per heavy atom. The highest BCUT2D eigenvalue weighted by atomic mass is 79.9. The second-order valence-electron chi connectivity index (χ2n) is 4.25. The van der Waals surface area contributed by atoms with Gasteiger partial charge in [-0.05, 0) is 48.2 Å². The van der Waals surface area contributed by atoms with Gasteiger partial charge in [-0.2, -0.15) is 0 Å². The third kappa shape index (κ3) is 3.42. The number of halogens is 3. The van der Waals surface area contributed by atoms with Crippen molar-refractivity contribution in [2.24, 2.45) is 0 Å². The van der Waals surface area contributed by atoms with Crippen molar-refractivity contribution in [3.63, 3.8) is 0 Å². The molecule has 1 atom stereocenters. The average Bonchev–Trinajstić information content (AvgIpc) is 2.71. The van der Waals surface area contributed by atoms with E-state index in [2.05, 4.69) is 61.6 Å². The van der Waals surface area contributed by atoms with E-state index in [1.165, 1.54) is 10.4 Å². The standard InChI is InChI=1S/C14H14Br2ClNS/c1-3-18-13(14-12(17)8(2)7-19-14)10-6-9(15)4-5-11(10)16/h4-7,13,18H,3H2,1-2H3. The van der Waals surface area contributed by atoms with Crippen LogP contribution in [-0.2, 0) is 0 Å². The Bertz CT molecular complexity index is 583. The molecular formula is C14H14Br2ClNS. The first-order valence-electron chi connectivity index (χ1n) is 5.96. The van der Waals surface area contributed by atoms with Crippen molar-refractivity contribution in [1.29, 1.82) is 0 Å². The average molecular weight is 424 g/mol. The first kappa shape index (κ1) is 15.5. The number of thiophene rings is 1. The number of rotatable bonds is 4. The Morgan fingerprint density at radius 3 is 2.68 bits per heavy atom. The van der Waals surface area contributed by atoms with E-state index in [4.69, 9.17) is 11.6 Å². The number of benzene rings is 1. The second kappa shape index (κ2) is 6.72. The molecule has 2 aromatic rings. The van der Waals surface area contributed by atoms with Gasteiger partial charge in [-0.15, -0.1) is 11.3 Å². The summed E-state index contributed by atoms with van der Waals surface area (Å²) in [7, 11) is 0. The predicted octanol–water partition coefficient (Wildman–Crippen LogP) is 5.93. The Balaban J connectivity index is 2.51. The van der Waals surface area contributed by atoms with Crippen LogP contribution in [0.5, 0.6) is 0 Å². The van der Waals surface area contributed by atoms with Crippen molar-refractivity contribution in [3.8, 4) is 0 Å².